The summed E-state index contributed by atoms with van der Waals surface area (Å²) in [6.45, 7) is 4.75. The Morgan fingerprint density at radius 3 is 2.63 bits per heavy atom. The van der Waals surface area contributed by atoms with E-state index in [9.17, 15) is 0 Å². The van der Waals surface area contributed by atoms with E-state index in [4.69, 9.17) is 23.2 Å². The maximum Gasteiger partial charge on any atom is 0.0640 e. The number of rotatable bonds is 3. The molecule has 1 N–H and O–H groups in total. The minimum Gasteiger partial charge on any atom is -0.313 e. The summed E-state index contributed by atoms with van der Waals surface area (Å²) in [7, 11) is 2.02. The highest BCUT2D eigenvalue weighted by molar-refractivity contribution is 6.42. The zero-order valence-corrected chi connectivity index (χ0v) is 13.5. The van der Waals surface area contributed by atoms with Gasteiger partial charge in [0.2, 0.25) is 0 Å². The second kappa shape index (κ2) is 6.03. The third-order valence-corrected chi connectivity index (χ3v) is 5.45. The van der Waals surface area contributed by atoms with Crippen LogP contribution < -0.4 is 5.32 Å². The lowest BCUT2D eigenvalue weighted by Crippen LogP contribution is -2.38. The Morgan fingerprint density at radius 1 is 1.26 bits per heavy atom. The molecule has 19 heavy (non-hydrogen) atoms. The molecule has 2 unspecified atom stereocenters. The van der Waals surface area contributed by atoms with Crippen LogP contribution in [0.4, 0.5) is 0 Å². The van der Waals surface area contributed by atoms with Crippen molar-refractivity contribution in [1.29, 1.82) is 0 Å². The van der Waals surface area contributed by atoms with Crippen LogP contribution in [0.15, 0.2) is 18.2 Å². The van der Waals surface area contributed by atoms with Gasteiger partial charge in [0, 0.05) is 6.04 Å². The van der Waals surface area contributed by atoms with Crippen LogP contribution in [0, 0.1) is 11.3 Å². The minimum absolute atomic E-state index is 0.279. The molecule has 2 atom stereocenters. The molecule has 1 aromatic carbocycles. The number of halogens is 2. The fourth-order valence-electron chi connectivity index (χ4n) is 3.47. The maximum absolute atomic E-state index is 6.41. The van der Waals surface area contributed by atoms with E-state index in [-0.39, 0.29) is 6.04 Å². The van der Waals surface area contributed by atoms with Crippen molar-refractivity contribution < 1.29 is 0 Å². The second-order valence-corrected chi connectivity index (χ2v) is 7.04. The topological polar surface area (TPSA) is 12.0 Å². The van der Waals surface area contributed by atoms with Crippen molar-refractivity contribution >= 4 is 23.2 Å². The number of benzene rings is 1. The molecule has 0 aliphatic heterocycles. The maximum atomic E-state index is 6.41. The molecule has 0 bridgehead atoms. The Kier molecular flexibility index (Phi) is 4.81. The van der Waals surface area contributed by atoms with Crippen molar-refractivity contribution in [2.75, 3.05) is 7.05 Å². The molecule has 0 amide bonds. The van der Waals surface area contributed by atoms with E-state index < -0.39 is 0 Å². The summed E-state index contributed by atoms with van der Waals surface area (Å²) in [5.41, 5.74) is 1.48. The molecular formula is C16H23Cl2N. The van der Waals surface area contributed by atoms with Gasteiger partial charge < -0.3 is 5.32 Å². The molecule has 1 aliphatic carbocycles. The normalized spacial score (nSPS) is 24.2. The van der Waals surface area contributed by atoms with E-state index >= 15 is 0 Å². The highest BCUT2D eigenvalue weighted by Crippen LogP contribution is 2.48. The van der Waals surface area contributed by atoms with Crippen LogP contribution in [0.3, 0.4) is 0 Å². The third kappa shape index (κ3) is 3.09. The van der Waals surface area contributed by atoms with Crippen LogP contribution in [0.1, 0.15) is 51.1 Å². The second-order valence-electron chi connectivity index (χ2n) is 6.25. The smallest absolute Gasteiger partial charge is 0.0640 e. The van der Waals surface area contributed by atoms with Crippen LogP contribution in [-0.2, 0) is 0 Å². The van der Waals surface area contributed by atoms with Gasteiger partial charge in [-0.1, -0.05) is 62.0 Å². The van der Waals surface area contributed by atoms with Crippen molar-refractivity contribution in [3.63, 3.8) is 0 Å². The summed E-state index contributed by atoms with van der Waals surface area (Å²) in [6.07, 6.45) is 5.18. The van der Waals surface area contributed by atoms with Crippen LogP contribution in [-0.4, -0.2) is 7.05 Å². The number of nitrogens with one attached hydrogen (secondary N) is 1. The van der Waals surface area contributed by atoms with Gasteiger partial charge in [-0.15, -0.1) is 0 Å². The lowest BCUT2D eigenvalue weighted by molar-refractivity contribution is 0.101. The summed E-state index contributed by atoms with van der Waals surface area (Å²) in [4.78, 5) is 0. The molecule has 0 radical (unpaired) electrons. The zero-order valence-electron chi connectivity index (χ0n) is 12.0. The highest BCUT2D eigenvalue weighted by atomic mass is 35.5. The van der Waals surface area contributed by atoms with Gasteiger partial charge in [0.25, 0.3) is 0 Å². The molecule has 1 aliphatic rings. The number of hydrogen-bond acceptors (Lipinski definition) is 1. The first-order valence-electron chi connectivity index (χ1n) is 7.08. The van der Waals surface area contributed by atoms with Crippen molar-refractivity contribution in [3.8, 4) is 0 Å². The lowest BCUT2D eigenvalue weighted by Gasteiger charge is -2.43. The zero-order chi connectivity index (χ0) is 14.0. The summed E-state index contributed by atoms with van der Waals surface area (Å²) in [6, 6.07) is 6.22. The van der Waals surface area contributed by atoms with Gasteiger partial charge in [-0.25, -0.2) is 0 Å². The fraction of sp³-hybridized carbons (Fsp3) is 0.625. The van der Waals surface area contributed by atoms with Crippen LogP contribution in [0.5, 0.6) is 0 Å². The van der Waals surface area contributed by atoms with Gasteiger partial charge in [-0.05, 0) is 42.9 Å². The van der Waals surface area contributed by atoms with Crippen molar-refractivity contribution in [2.45, 2.75) is 45.6 Å². The first-order valence-corrected chi connectivity index (χ1v) is 7.84. The van der Waals surface area contributed by atoms with Gasteiger partial charge in [0.15, 0.2) is 0 Å². The molecule has 1 nitrogen and oxygen atoms in total. The van der Waals surface area contributed by atoms with E-state index in [1.54, 1.807) is 0 Å². The molecular weight excluding hydrogens is 277 g/mol. The highest BCUT2D eigenvalue weighted by Gasteiger charge is 2.38. The molecule has 1 aromatic rings. The first-order chi connectivity index (χ1) is 8.97. The molecule has 2 rings (SSSR count). The Bertz CT molecular complexity index is 442. The van der Waals surface area contributed by atoms with E-state index in [1.807, 2.05) is 19.2 Å². The van der Waals surface area contributed by atoms with Gasteiger partial charge in [-0.3, -0.25) is 0 Å². The average molecular weight is 300 g/mol. The van der Waals surface area contributed by atoms with E-state index in [0.717, 1.165) is 5.56 Å². The van der Waals surface area contributed by atoms with Crippen LogP contribution in [0.2, 0.25) is 10.0 Å². The van der Waals surface area contributed by atoms with E-state index in [2.05, 4.69) is 25.2 Å². The standard InChI is InChI=1S/C16H23Cl2N/c1-16(2)10-5-4-8-12(16)15(19-3)11-7-6-9-13(17)14(11)18/h6-7,9,12,15,19H,4-5,8,10H2,1-3H3. The quantitative estimate of drug-likeness (QED) is 0.780. The first kappa shape index (κ1) is 15.2. The molecule has 1 fully saturated rings. The fourth-order valence-corrected chi connectivity index (χ4v) is 3.90. The van der Waals surface area contributed by atoms with Crippen molar-refractivity contribution in [3.05, 3.63) is 33.8 Å². The molecule has 3 heteroatoms. The SMILES string of the molecule is CNC(c1cccc(Cl)c1Cl)C1CCCCC1(C)C. The molecule has 0 heterocycles. The summed E-state index contributed by atoms with van der Waals surface area (Å²) >= 11 is 12.6. The summed E-state index contributed by atoms with van der Waals surface area (Å²) in [5.74, 6) is 0.599. The van der Waals surface area contributed by atoms with E-state index in [0.29, 0.717) is 21.4 Å². The van der Waals surface area contributed by atoms with Crippen molar-refractivity contribution in [1.82, 2.24) is 5.32 Å². The Balaban J connectivity index is 2.36. The molecule has 1 saturated carbocycles. The van der Waals surface area contributed by atoms with Crippen LogP contribution >= 0.6 is 23.2 Å². The molecule has 0 saturated heterocycles. The van der Waals surface area contributed by atoms with Gasteiger partial charge in [-0.2, -0.15) is 0 Å². The van der Waals surface area contributed by atoms with Gasteiger partial charge in [0.05, 0.1) is 10.0 Å². The minimum atomic E-state index is 0.279. The molecule has 106 valence electrons. The van der Waals surface area contributed by atoms with Gasteiger partial charge >= 0.3 is 0 Å². The van der Waals surface area contributed by atoms with Gasteiger partial charge in [0.1, 0.15) is 0 Å². The predicted octanol–water partition coefficient (Wildman–Crippen LogP) is 5.47. The summed E-state index contributed by atoms with van der Waals surface area (Å²) < 4.78 is 0. The molecule has 0 spiro atoms. The molecule has 0 aromatic heterocycles. The monoisotopic (exact) mass is 299 g/mol. The Hall–Kier alpha value is -0.240. The largest absolute Gasteiger partial charge is 0.313 e. The van der Waals surface area contributed by atoms with E-state index in [1.165, 1.54) is 25.7 Å². The third-order valence-electron chi connectivity index (χ3n) is 4.62. The Labute approximate surface area is 126 Å². The van der Waals surface area contributed by atoms with Crippen molar-refractivity contribution in [2.24, 2.45) is 11.3 Å². The predicted molar refractivity (Wildman–Crippen MR) is 84.0 cm³/mol. The number of hydrogen-bond donors (Lipinski definition) is 1. The summed E-state index contributed by atoms with van der Waals surface area (Å²) in [5, 5.41) is 4.81. The Morgan fingerprint density at radius 2 is 2.00 bits per heavy atom. The van der Waals surface area contributed by atoms with Crippen LogP contribution in [0.25, 0.3) is 0 Å². The average Bonchev–Trinajstić information content (AvgIpc) is 2.37. The lowest BCUT2D eigenvalue weighted by atomic mass is 9.65.